The van der Waals surface area contributed by atoms with Crippen molar-refractivity contribution >= 4 is 43.3 Å². The Morgan fingerprint density at radius 1 is 0.867 bits per heavy atom. The van der Waals surface area contributed by atoms with E-state index >= 15 is 0 Å². The van der Waals surface area contributed by atoms with Gasteiger partial charge in [0.2, 0.25) is 15.6 Å². The molecule has 0 heterocycles. The van der Waals surface area contributed by atoms with Crippen LogP contribution < -0.4 is 4.90 Å². The number of aryl methyl sites for hydroxylation is 1. The van der Waals surface area contributed by atoms with Crippen LogP contribution in [0.25, 0.3) is 6.08 Å². The summed E-state index contributed by atoms with van der Waals surface area (Å²) >= 11 is 3.34. The first-order chi connectivity index (χ1) is 14.2. The number of rotatable bonds is 6. The van der Waals surface area contributed by atoms with E-state index in [1.807, 2.05) is 38.1 Å². The summed E-state index contributed by atoms with van der Waals surface area (Å²) in [5.74, 6) is -0.542. The van der Waals surface area contributed by atoms with Crippen LogP contribution in [-0.2, 0) is 9.84 Å². The Morgan fingerprint density at radius 3 is 1.97 bits per heavy atom. The highest BCUT2D eigenvalue weighted by atomic mass is 79.9. The fourth-order valence-corrected chi connectivity index (χ4v) is 4.54. The smallest absolute Gasteiger partial charge is 0.210 e. The molecule has 0 saturated carbocycles. The number of nitrogens with zero attached hydrogens (tertiary/aromatic N) is 1. The van der Waals surface area contributed by atoms with Crippen molar-refractivity contribution in [2.24, 2.45) is 0 Å². The first-order valence-electron chi connectivity index (χ1n) is 9.29. The molecule has 0 unspecified atom stereocenters. The standard InChI is InChI=1S/C24H22BrNO3S/c1-17-4-14-22(15-5-17)30(28,29)23(24(27)19-8-10-20(25)11-9-19)16-18-6-12-21(13-7-18)26(2)3/h4-16H,1-3H3/b23-16+. The Kier molecular flexibility index (Phi) is 6.58. The molecular weight excluding hydrogens is 462 g/mol. The van der Waals surface area contributed by atoms with E-state index in [4.69, 9.17) is 0 Å². The number of allylic oxidation sites excluding steroid dienone is 1. The SMILES string of the molecule is Cc1ccc(S(=O)(=O)/C(=C/c2ccc(N(C)C)cc2)C(=O)c2ccc(Br)cc2)cc1. The van der Waals surface area contributed by atoms with E-state index in [2.05, 4.69) is 15.9 Å². The van der Waals surface area contributed by atoms with Crippen molar-refractivity contribution in [3.05, 3.63) is 98.9 Å². The van der Waals surface area contributed by atoms with Crippen LogP contribution in [0.4, 0.5) is 5.69 Å². The Labute approximate surface area is 185 Å². The second-order valence-electron chi connectivity index (χ2n) is 7.15. The average molecular weight is 484 g/mol. The normalized spacial score (nSPS) is 11.9. The van der Waals surface area contributed by atoms with E-state index in [1.54, 1.807) is 48.5 Å². The summed E-state index contributed by atoms with van der Waals surface area (Å²) in [7, 11) is -0.159. The predicted molar refractivity (Wildman–Crippen MR) is 126 cm³/mol. The molecule has 0 radical (unpaired) electrons. The number of halogens is 1. The molecule has 3 rings (SSSR count). The molecule has 0 spiro atoms. The van der Waals surface area contributed by atoms with Gasteiger partial charge in [0.1, 0.15) is 4.91 Å². The number of ketones is 1. The maximum absolute atomic E-state index is 13.4. The van der Waals surface area contributed by atoms with Crippen LogP contribution in [0.1, 0.15) is 21.5 Å². The van der Waals surface area contributed by atoms with Gasteiger partial charge in [-0.05, 0) is 67.1 Å². The molecule has 4 nitrogen and oxygen atoms in total. The van der Waals surface area contributed by atoms with Crippen LogP contribution in [0.2, 0.25) is 0 Å². The van der Waals surface area contributed by atoms with Crippen molar-refractivity contribution in [2.45, 2.75) is 11.8 Å². The van der Waals surface area contributed by atoms with Gasteiger partial charge in [-0.1, -0.05) is 45.8 Å². The molecule has 0 aromatic heterocycles. The lowest BCUT2D eigenvalue weighted by Gasteiger charge is -2.13. The fraction of sp³-hybridized carbons (Fsp3) is 0.125. The van der Waals surface area contributed by atoms with Gasteiger partial charge in [-0.15, -0.1) is 0 Å². The third kappa shape index (κ3) is 4.89. The number of anilines is 1. The van der Waals surface area contributed by atoms with Crippen molar-refractivity contribution in [3.63, 3.8) is 0 Å². The van der Waals surface area contributed by atoms with E-state index in [9.17, 15) is 13.2 Å². The molecule has 0 fully saturated rings. The first-order valence-corrected chi connectivity index (χ1v) is 11.6. The van der Waals surface area contributed by atoms with Gasteiger partial charge in [0.05, 0.1) is 4.90 Å². The Bertz CT molecular complexity index is 1180. The molecule has 30 heavy (non-hydrogen) atoms. The van der Waals surface area contributed by atoms with Gasteiger partial charge in [-0.25, -0.2) is 8.42 Å². The minimum Gasteiger partial charge on any atom is -0.378 e. The first kappa shape index (κ1) is 22.0. The van der Waals surface area contributed by atoms with Crippen LogP contribution in [0.3, 0.4) is 0 Å². The van der Waals surface area contributed by atoms with Gasteiger partial charge in [-0.2, -0.15) is 0 Å². The lowest BCUT2D eigenvalue weighted by molar-refractivity contribution is 0.104. The fourth-order valence-electron chi connectivity index (χ4n) is 2.87. The molecule has 0 saturated heterocycles. The highest BCUT2D eigenvalue weighted by Gasteiger charge is 2.28. The topological polar surface area (TPSA) is 54.5 Å². The minimum atomic E-state index is -4.01. The minimum absolute atomic E-state index is 0.0923. The summed E-state index contributed by atoms with van der Waals surface area (Å²) in [5.41, 5.74) is 2.87. The summed E-state index contributed by atoms with van der Waals surface area (Å²) < 4.78 is 27.6. The number of benzene rings is 3. The largest absolute Gasteiger partial charge is 0.378 e. The molecular formula is C24H22BrNO3S. The Hall–Kier alpha value is -2.70. The predicted octanol–water partition coefficient (Wildman–Crippen LogP) is 5.52. The molecule has 0 N–H and O–H groups in total. The van der Waals surface area contributed by atoms with Gasteiger partial charge in [0.25, 0.3) is 0 Å². The zero-order valence-electron chi connectivity index (χ0n) is 17.0. The molecule has 0 aliphatic carbocycles. The maximum atomic E-state index is 13.4. The number of hydrogen-bond acceptors (Lipinski definition) is 4. The highest BCUT2D eigenvalue weighted by Crippen LogP contribution is 2.26. The van der Waals surface area contributed by atoms with E-state index in [-0.39, 0.29) is 9.80 Å². The third-order valence-corrected chi connectivity index (χ3v) is 6.96. The van der Waals surface area contributed by atoms with Gasteiger partial charge in [0, 0.05) is 29.8 Å². The van der Waals surface area contributed by atoms with Crippen molar-refractivity contribution in [3.8, 4) is 0 Å². The number of carbonyl (C=O) groups excluding carboxylic acids is 1. The van der Waals surface area contributed by atoms with Gasteiger partial charge in [0.15, 0.2) is 0 Å². The zero-order valence-corrected chi connectivity index (χ0v) is 19.4. The highest BCUT2D eigenvalue weighted by molar-refractivity contribution is 9.10. The maximum Gasteiger partial charge on any atom is 0.210 e. The van der Waals surface area contributed by atoms with Gasteiger partial charge in [-0.3, -0.25) is 4.79 Å². The Balaban J connectivity index is 2.13. The number of hydrogen-bond donors (Lipinski definition) is 0. The molecule has 0 aliphatic heterocycles. The third-order valence-electron chi connectivity index (χ3n) is 4.66. The van der Waals surface area contributed by atoms with E-state index in [0.717, 1.165) is 15.7 Å². The molecule has 0 bridgehead atoms. The second kappa shape index (κ2) is 8.98. The monoisotopic (exact) mass is 483 g/mol. The average Bonchev–Trinajstić information content (AvgIpc) is 2.72. The summed E-state index contributed by atoms with van der Waals surface area (Å²) in [6.07, 6.45) is 1.44. The van der Waals surface area contributed by atoms with Gasteiger partial charge < -0.3 is 4.90 Å². The number of sulfone groups is 1. The van der Waals surface area contributed by atoms with Crippen molar-refractivity contribution in [1.29, 1.82) is 0 Å². The number of Topliss-reactive ketones (excluding diaryl/α,β-unsaturated/α-hetero) is 1. The molecule has 154 valence electrons. The van der Waals surface area contributed by atoms with Crippen LogP contribution in [0.15, 0.2) is 87.1 Å². The lowest BCUT2D eigenvalue weighted by Crippen LogP contribution is -2.14. The summed E-state index contributed by atoms with van der Waals surface area (Å²) in [5, 5.41) is 0. The molecule has 0 amide bonds. The van der Waals surface area contributed by atoms with Gasteiger partial charge >= 0.3 is 0 Å². The summed E-state index contributed by atoms with van der Waals surface area (Å²) in [6.45, 7) is 1.88. The van der Waals surface area contributed by atoms with E-state index in [1.165, 1.54) is 18.2 Å². The second-order valence-corrected chi connectivity index (χ2v) is 9.98. The lowest BCUT2D eigenvalue weighted by atomic mass is 10.1. The van der Waals surface area contributed by atoms with E-state index < -0.39 is 15.6 Å². The van der Waals surface area contributed by atoms with Crippen LogP contribution in [-0.4, -0.2) is 28.3 Å². The van der Waals surface area contributed by atoms with Crippen molar-refractivity contribution < 1.29 is 13.2 Å². The van der Waals surface area contributed by atoms with Crippen molar-refractivity contribution in [1.82, 2.24) is 0 Å². The van der Waals surface area contributed by atoms with E-state index in [0.29, 0.717) is 11.1 Å². The van der Waals surface area contributed by atoms with Crippen LogP contribution >= 0.6 is 15.9 Å². The molecule has 3 aromatic carbocycles. The number of carbonyl (C=O) groups is 1. The molecule has 6 heteroatoms. The summed E-state index contributed by atoms with van der Waals surface area (Å²) in [4.78, 5) is 15.0. The quantitative estimate of drug-likeness (QED) is 0.342. The van der Waals surface area contributed by atoms with Crippen molar-refractivity contribution in [2.75, 3.05) is 19.0 Å². The zero-order chi connectivity index (χ0) is 21.9. The van der Waals surface area contributed by atoms with Crippen LogP contribution in [0, 0.1) is 6.92 Å². The molecule has 0 atom stereocenters. The van der Waals surface area contributed by atoms with Crippen LogP contribution in [0.5, 0.6) is 0 Å². The molecule has 3 aromatic rings. The summed E-state index contributed by atoms with van der Waals surface area (Å²) in [6, 6.07) is 20.5. The molecule has 0 aliphatic rings. The Morgan fingerprint density at radius 2 is 1.43 bits per heavy atom.